The van der Waals surface area contributed by atoms with Gasteiger partial charge in [-0.3, -0.25) is 19.5 Å². The standard InChI is InChI=1S/C20H15N3O4/c24-20-18-12-16(23(25)26)6-8-19(18)21-13-22(20)9-10-27-17-7-5-14-3-1-2-4-15(14)11-17/h1-8,11-13H,9-10H2. The third kappa shape index (κ3) is 3.35. The molecule has 0 atom stereocenters. The van der Waals surface area contributed by atoms with Gasteiger partial charge < -0.3 is 4.74 Å². The SMILES string of the molecule is O=c1c2cc([N+](=O)[O-])ccc2ncn1CCOc1ccc2ccccc2c1. The van der Waals surface area contributed by atoms with E-state index in [4.69, 9.17) is 4.74 Å². The zero-order valence-corrected chi connectivity index (χ0v) is 14.2. The fourth-order valence-corrected chi connectivity index (χ4v) is 2.94. The highest BCUT2D eigenvalue weighted by molar-refractivity contribution is 5.83. The van der Waals surface area contributed by atoms with Crippen LogP contribution in [0, 0.1) is 10.1 Å². The molecule has 7 nitrogen and oxygen atoms in total. The summed E-state index contributed by atoms with van der Waals surface area (Å²) in [5.41, 5.74) is -0.0327. The van der Waals surface area contributed by atoms with Gasteiger partial charge in [-0.05, 0) is 29.0 Å². The molecule has 1 aromatic heterocycles. The number of rotatable bonds is 5. The van der Waals surface area contributed by atoms with Gasteiger partial charge in [0.05, 0.1) is 28.7 Å². The topological polar surface area (TPSA) is 87.3 Å². The fourth-order valence-electron chi connectivity index (χ4n) is 2.94. The first-order chi connectivity index (χ1) is 13.1. The molecule has 0 radical (unpaired) electrons. The molecule has 0 saturated heterocycles. The van der Waals surface area contributed by atoms with Crippen molar-refractivity contribution >= 4 is 27.4 Å². The van der Waals surface area contributed by atoms with E-state index in [1.807, 2.05) is 42.5 Å². The van der Waals surface area contributed by atoms with Crippen LogP contribution in [-0.4, -0.2) is 21.1 Å². The number of benzene rings is 3. The molecule has 134 valence electrons. The van der Waals surface area contributed by atoms with Crippen molar-refractivity contribution in [3.63, 3.8) is 0 Å². The number of nitro groups is 1. The number of ether oxygens (including phenoxy) is 1. The number of aromatic nitrogens is 2. The van der Waals surface area contributed by atoms with E-state index in [2.05, 4.69) is 4.98 Å². The van der Waals surface area contributed by atoms with Gasteiger partial charge in [0.2, 0.25) is 0 Å². The second-order valence-corrected chi connectivity index (χ2v) is 6.06. The molecule has 4 aromatic rings. The molecular formula is C20H15N3O4. The van der Waals surface area contributed by atoms with Crippen LogP contribution in [-0.2, 0) is 6.54 Å². The van der Waals surface area contributed by atoms with Gasteiger partial charge in [-0.15, -0.1) is 0 Å². The maximum absolute atomic E-state index is 12.6. The molecule has 0 N–H and O–H groups in total. The Balaban J connectivity index is 1.53. The fraction of sp³-hybridized carbons (Fsp3) is 0.100. The second-order valence-electron chi connectivity index (χ2n) is 6.06. The number of nitrogens with zero attached hydrogens (tertiary/aromatic N) is 3. The average Bonchev–Trinajstić information content (AvgIpc) is 2.69. The van der Waals surface area contributed by atoms with Crippen LogP contribution >= 0.6 is 0 Å². The van der Waals surface area contributed by atoms with E-state index in [0.717, 1.165) is 10.8 Å². The average molecular weight is 361 g/mol. The molecule has 0 spiro atoms. The molecule has 0 bridgehead atoms. The maximum Gasteiger partial charge on any atom is 0.270 e. The van der Waals surface area contributed by atoms with Crippen LogP contribution in [0.1, 0.15) is 0 Å². The van der Waals surface area contributed by atoms with Crippen LogP contribution in [0.15, 0.2) is 71.8 Å². The van der Waals surface area contributed by atoms with Crippen LogP contribution < -0.4 is 10.3 Å². The lowest BCUT2D eigenvalue weighted by Crippen LogP contribution is -2.23. The molecular weight excluding hydrogens is 346 g/mol. The third-order valence-corrected chi connectivity index (χ3v) is 4.34. The molecule has 0 amide bonds. The van der Waals surface area contributed by atoms with Gasteiger partial charge in [0.15, 0.2) is 0 Å². The Kier molecular flexibility index (Phi) is 4.25. The minimum Gasteiger partial charge on any atom is -0.492 e. The zero-order chi connectivity index (χ0) is 18.8. The highest BCUT2D eigenvalue weighted by Crippen LogP contribution is 2.20. The first kappa shape index (κ1) is 16.7. The molecule has 7 heteroatoms. The first-order valence-electron chi connectivity index (χ1n) is 8.37. The number of nitro benzene ring substituents is 1. The smallest absolute Gasteiger partial charge is 0.270 e. The van der Waals surface area contributed by atoms with Crippen molar-refractivity contribution in [1.29, 1.82) is 0 Å². The minimum atomic E-state index is -0.529. The van der Waals surface area contributed by atoms with E-state index < -0.39 is 4.92 Å². The lowest BCUT2D eigenvalue weighted by atomic mass is 10.1. The van der Waals surface area contributed by atoms with Crippen LogP contribution in [0.5, 0.6) is 5.75 Å². The van der Waals surface area contributed by atoms with E-state index in [9.17, 15) is 14.9 Å². The largest absolute Gasteiger partial charge is 0.492 e. The summed E-state index contributed by atoms with van der Waals surface area (Å²) in [7, 11) is 0. The summed E-state index contributed by atoms with van der Waals surface area (Å²) in [5, 5.41) is 13.3. The molecule has 1 heterocycles. The van der Waals surface area contributed by atoms with Gasteiger partial charge in [0.1, 0.15) is 12.4 Å². The molecule has 0 saturated carbocycles. The van der Waals surface area contributed by atoms with E-state index in [-0.39, 0.29) is 29.8 Å². The van der Waals surface area contributed by atoms with Crippen molar-refractivity contribution in [2.45, 2.75) is 6.54 Å². The monoisotopic (exact) mass is 361 g/mol. The molecule has 0 aliphatic heterocycles. The van der Waals surface area contributed by atoms with Gasteiger partial charge >= 0.3 is 0 Å². The number of hydrogen-bond acceptors (Lipinski definition) is 5. The Morgan fingerprint density at radius 3 is 2.67 bits per heavy atom. The Morgan fingerprint density at radius 1 is 1.04 bits per heavy atom. The Hall–Kier alpha value is -3.74. The number of non-ortho nitro benzene ring substituents is 1. The Morgan fingerprint density at radius 2 is 1.85 bits per heavy atom. The highest BCUT2D eigenvalue weighted by Gasteiger charge is 2.11. The summed E-state index contributed by atoms with van der Waals surface area (Å²) in [6, 6.07) is 17.8. The van der Waals surface area contributed by atoms with Crippen LogP contribution in [0.2, 0.25) is 0 Å². The number of hydrogen-bond donors (Lipinski definition) is 0. The molecule has 0 fully saturated rings. The lowest BCUT2D eigenvalue weighted by molar-refractivity contribution is -0.384. The summed E-state index contributed by atoms with van der Waals surface area (Å²) in [6.45, 7) is 0.567. The highest BCUT2D eigenvalue weighted by atomic mass is 16.6. The summed E-state index contributed by atoms with van der Waals surface area (Å²) in [4.78, 5) is 27.1. The van der Waals surface area contributed by atoms with Crippen molar-refractivity contribution in [3.8, 4) is 5.75 Å². The van der Waals surface area contributed by atoms with Crippen LogP contribution in [0.4, 0.5) is 5.69 Å². The molecule has 4 rings (SSSR count). The van der Waals surface area contributed by atoms with Crippen molar-refractivity contribution in [1.82, 2.24) is 9.55 Å². The molecule has 3 aromatic carbocycles. The quantitative estimate of drug-likeness (QED) is 0.401. The predicted molar refractivity (Wildman–Crippen MR) is 102 cm³/mol. The third-order valence-electron chi connectivity index (χ3n) is 4.34. The van der Waals surface area contributed by atoms with E-state index in [0.29, 0.717) is 11.3 Å². The zero-order valence-electron chi connectivity index (χ0n) is 14.2. The first-order valence-corrected chi connectivity index (χ1v) is 8.37. The molecule has 27 heavy (non-hydrogen) atoms. The van der Waals surface area contributed by atoms with Gasteiger partial charge in [-0.25, -0.2) is 4.98 Å². The van der Waals surface area contributed by atoms with Crippen molar-refractivity contribution in [2.75, 3.05) is 6.61 Å². The minimum absolute atomic E-state index is 0.133. The maximum atomic E-state index is 12.6. The summed E-state index contributed by atoms with van der Waals surface area (Å²) >= 11 is 0. The van der Waals surface area contributed by atoms with Gasteiger partial charge in [-0.2, -0.15) is 0 Å². The molecule has 0 aliphatic rings. The van der Waals surface area contributed by atoms with E-state index >= 15 is 0 Å². The summed E-state index contributed by atoms with van der Waals surface area (Å²) < 4.78 is 7.15. The second kappa shape index (κ2) is 6.87. The van der Waals surface area contributed by atoms with Crippen LogP contribution in [0.3, 0.4) is 0 Å². The molecule has 0 aliphatic carbocycles. The van der Waals surface area contributed by atoms with Gasteiger partial charge in [0, 0.05) is 12.1 Å². The van der Waals surface area contributed by atoms with Crippen LogP contribution in [0.25, 0.3) is 21.7 Å². The van der Waals surface area contributed by atoms with Crippen molar-refractivity contribution < 1.29 is 9.66 Å². The normalized spacial score (nSPS) is 11.0. The number of fused-ring (bicyclic) bond motifs is 2. The Bertz CT molecular complexity index is 1220. The lowest BCUT2D eigenvalue weighted by Gasteiger charge is -2.09. The molecule has 0 unspecified atom stereocenters. The van der Waals surface area contributed by atoms with Gasteiger partial charge in [0.25, 0.3) is 11.2 Å². The Labute approximate surface area is 153 Å². The van der Waals surface area contributed by atoms with E-state index in [1.54, 1.807) is 0 Å². The predicted octanol–water partition coefficient (Wildman–Crippen LogP) is 3.54. The van der Waals surface area contributed by atoms with Crippen molar-refractivity contribution in [3.05, 3.63) is 87.5 Å². The van der Waals surface area contributed by atoms with Gasteiger partial charge in [-0.1, -0.05) is 30.3 Å². The summed E-state index contributed by atoms with van der Waals surface area (Å²) in [6.07, 6.45) is 1.43. The van der Waals surface area contributed by atoms with E-state index in [1.165, 1.54) is 29.1 Å². The van der Waals surface area contributed by atoms with Crippen molar-refractivity contribution in [2.24, 2.45) is 0 Å². The summed E-state index contributed by atoms with van der Waals surface area (Å²) in [5.74, 6) is 0.714.